The van der Waals surface area contributed by atoms with Crippen molar-refractivity contribution >= 4 is 23.7 Å². The summed E-state index contributed by atoms with van der Waals surface area (Å²) in [5.41, 5.74) is 5.92. The van der Waals surface area contributed by atoms with E-state index in [4.69, 9.17) is 0 Å². The van der Waals surface area contributed by atoms with Crippen LogP contribution in [0.15, 0.2) is 36.5 Å². The minimum absolute atomic E-state index is 0.00153. The number of carbonyl (C=O) groups excluding carboxylic acids is 2. The number of benzene rings is 1. The number of likely N-dealkylation sites (N-methyl/N-ethyl adjacent to an activating group) is 1. The zero-order valence-corrected chi connectivity index (χ0v) is 15.5. The first-order valence-corrected chi connectivity index (χ1v) is 9.41. The Hall–Kier alpha value is -2.95. The molecule has 1 aromatic heterocycles. The van der Waals surface area contributed by atoms with Crippen molar-refractivity contribution < 1.29 is 9.59 Å². The number of aromatic nitrogens is 1. The third-order valence-electron chi connectivity index (χ3n) is 5.24. The molecular weight excluding hydrogens is 338 g/mol. The van der Waals surface area contributed by atoms with Gasteiger partial charge in [0.15, 0.2) is 0 Å². The van der Waals surface area contributed by atoms with Crippen molar-refractivity contribution in [1.82, 2.24) is 9.88 Å². The van der Waals surface area contributed by atoms with Gasteiger partial charge in [-0.05, 0) is 65.6 Å². The molecule has 1 aliphatic carbocycles. The first-order chi connectivity index (χ1) is 13.1. The molecule has 0 fully saturated rings. The van der Waals surface area contributed by atoms with E-state index >= 15 is 0 Å². The van der Waals surface area contributed by atoms with Crippen LogP contribution in [-0.2, 0) is 35.4 Å². The van der Waals surface area contributed by atoms with Gasteiger partial charge in [0.1, 0.15) is 5.82 Å². The average Bonchev–Trinajstić information content (AvgIpc) is 3.13. The second kappa shape index (κ2) is 7.35. The van der Waals surface area contributed by atoms with E-state index in [0.29, 0.717) is 25.2 Å². The minimum Gasteiger partial charge on any atom is -0.338 e. The van der Waals surface area contributed by atoms with Gasteiger partial charge >= 0.3 is 0 Å². The summed E-state index contributed by atoms with van der Waals surface area (Å²) < 4.78 is 0. The maximum absolute atomic E-state index is 12.4. The quantitative estimate of drug-likeness (QED) is 0.851. The van der Waals surface area contributed by atoms with E-state index in [9.17, 15) is 9.59 Å². The molecule has 0 unspecified atom stereocenters. The highest BCUT2D eigenvalue weighted by Crippen LogP contribution is 2.24. The molecule has 2 aliphatic rings. The van der Waals surface area contributed by atoms with Gasteiger partial charge in [0.25, 0.3) is 0 Å². The average molecular weight is 361 g/mol. The Morgan fingerprint density at radius 3 is 2.89 bits per heavy atom. The van der Waals surface area contributed by atoms with Crippen LogP contribution in [0.3, 0.4) is 0 Å². The normalized spacial score (nSPS) is 15.4. The lowest BCUT2D eigenvalue weighted by Gasteiger charge is -2.16. The van der Waals surface area contributed by atoms with Gasteiger partial charge in [0, 0.05) is 32.3 Å². The van der Waals surface area contributed by atoms with Gasteiger partial charge < -0.3 is 10.2 Å². The molecule has 0 atom stereocenters. The number of anilines is 1. The molecule has 2 amide bonds. The molecule has 1 aliphatic heterocycles. The highest BCUT2D eigenvalue weighted by atomic mass is 16.2. The molecule has 1 aromatic carbocycles. The number of hydrogen-bond donors (Lipinski definition) is 1. The number of aryl methyl sites for hydroxylation is 3. The van der Waals surface area contributed by atoms with E-state index in [1.54, 1.807) is 23.2 Å². The number of pyridine rings is 1. The van der Waals surface area contributed by atoms with Gasteiger partial charge in [0.2, 0.25) is 11.8 Å². The summed E-state index contributed by atoms with van der Waals surface area (Å²) in [4.78, 5) is 29.9. The van der Waals surface area contributed by atoms with Crippen molar-refractivity contribution in [2.24, 2.45) is 0 Å². The standard InChI is InChI=1S/C22H23N3O2/c1-25(14-16-5-7-17-3-2-4-18(17)12-16)21(27)10-6-15-11-19-8-9-20(26)24-22(19)23-13-15/h5-7,10-13H,2-4,8-9,14H2,1H3,(H,23,24,26)/b10-6+. The summed E-state index contributed by atoms with van der Waals surface area (Å²) in [6.45, 7) is 0.602. The van der Waals surface area contributed by atoms with E-state index in [-0.39, 0.29) is 11.8 Å². The molecule has 0 spiro atoms. The molecule has 5 nitrogen and oxygen atoms in total. The minimum atomic E-state index is -0.0403. The van der Waals surface area contributed by atoms with Crippen molar-refractivity contribution in [3.05, 3.63) is 64.4 Å². The van der Waals surface area contributed by atoms with Gasteiger partial charge in [-0.25, -0.2) is 4.98 Å². The number of rotatable bonds is 4. The van der Waals surface area contributed by atoms with Crippen LogP contribution >= 0.6 is 0 Å². The van der Waals surface area contributed by atoms with Crippen LogP contribution in [-0.4, -0.2) is 28.7 Å². The maximum Gasteiger partial charge on any atom is 0.246 e. The predicted octanol–water partition coefficient (Wildman–Crippen LogP) is 3.13. The van der Waals surface area contributed by atoms with Crippen molar-refractivity contribution in [3.63, 3.8) is 0 Å². The molecule has 0 saturated carbocycles. The van der Waals surface area contributed by atoms with Crippen molar-refractivity contribution in [2.45, 2.75) is 38.6 Å². The van der Waals surface area contributed by atoms with Crippen molar-refractivity contribution in [3.8, 4) is 0 Å². The lowest BCUT2D eigenvalue weighted by atomic mass is 10.0. The number of nitrogens with one attached hydrogen (secondary N) is 1. The van der Waals surface area contributed by atoms with Crippen LogP contribution in [0.4, 0.5) is 5.82 Å². The lowest BCUT2D eigenvalue weighted by Crippen LogP contribution is -2.24. The molecule has 4 rings (SSSR count). The molecule has 0 saturated heterocycles. The monoisotopic (exact) mass is 361 g/mol. The fourth-order valence-electron chi connectivity index (χ4n) is 3.74. The van der Waals surface area contributed by atoms with E-state index < -0.39 is 0 Å². The summed E-state index contributed by atoms with van der Waals surface area (Å²) in [5.74, 6) is 0.589. The number of hydrogen-bond acceptors (Lipinski definition) is 3. The number of amides is 2. The van der Waals surface area contributed by atoms with Gasteiger partial charge in [-0.15, -0.1) is 0 Å². The largest absolute Gasteiger partial charge is 0.338 e. The molecule has 27 heavy (non-hydrogen) atoms. The van der Waals surface area contributed by atoms with Gasteiger partial charge in [0.05, 0.1) is 0 Å². The van der Waals surface area contributed by atoms with E-state index in [0.717, 1.165) is 17.5 Å². The van der Waals surface area contributed by atoms with Crippen LogP contribution in [0.2, 0.25) is 0 Å². The van der Waals surface area contributed by atoms with Crippen molar-refractivity contribution in [1.29, 1.82) is 0 Å². The number of fused-ring (bicyclic) bond motifs is 2. The summed E-state index contributed by atoms with van der Waals surface area (Å²) in [7, 11) is 1.82. The van der Waals surface area contributed by atoms with E-state index in [1.165, 1.54) is 29.5 Å². The predicted molar refractivity (Wildman–Crippen MR) is 105 cm³/mol. The van der Waals surface area contributed by atoms with E-state index in [2.05, 4.69) is 28.5 Å². The molecule has 0 bridgehead atoms. The number of carbonyl (C=O) groups is 2. The Morgan fingerprint density at radius 2 is 2.00 bits per heavy atom. The third kappa shape index (κ3) is 3.92. The van der Waals surface area contributed by atoms with Gasteiger partial charge in [-0.2, -0.15) is 0 Å². The fraction of sp³-hybridized carbons (Fsp3) is 0.318. The Kier molecular flexibility index (Phi) is 4.75. The second-order valence-electron chi connectivity index (χ2n) is 7.31. The Morgan fingerprint density at radius 1 is 1.15 bits per heavy atom. The molecule has 5 heteroatoms. The van der Waals surface area contributed by atoms with Crippen LogP contribution in [0.25, 0.3) is 6.08 Å². The SMILES string of the molecule is CN(Cc1ccc2c(c1)CCC2)C(=O)/C=C/c1cnc2c(c1)CCC(=O)N2. The van der Waals surface area contributed by atoms with Crippen molar-refractivity contribution in [2.75, 3.05) is 12.4 Å². The topological polar surface area (TPSA) is 62.3 Å². The molecule has 138 valence electrons. The molecule has 1 N–H and O–H groups in total. The fourth-order valence-corrected chi connectivity index (χ4v) is 3.74. The van der Waals surface area contributed by atoms with Crippen LogP contribution in [0, 0.1) is 0 Å². The Balaban J connectivity index is 1.40. The first kappa shape index (κ1) is 17.5. The highest BCUT2D eigenvalue weighted by Gasteiger charge is 2.16. The van der Waals surface area contributed by atoms with Gasteiger partial charge in [-0.3, -0.25) is 9.59 Å². The Bertz CT molecular complexity index is 933. The Labute approximate surface area is 159 Å². The lowest BCUT2D eigenvalue weighted by molar-refractivity contribution is -0.125. The maximum atomic E-state index is 12.4. The van der Waals surface area contributed by atoms with Gasteiger partial charge in [-0.1, -0.05) is 18.2 Å². The summed E-state index contributed by atoms with van der Waals surface area (Å²) in [6.07, 6.45) is 9.75. The van der Waals surface area contributed by atoms with Crippen LogP contribution < -0.4 is 5.32 Å². The molecule has 2 heterocycles. The first-order valence-electron chi connectivity index (χ1n) is 9.41. The second-order valence-corrected chi connectivity index (χ2v) is 7.31. The van der Waals surface area contributed by atoms with E-state index in [1.807, 2.05) is 13.1 Å². The highest BCUT2D eigenvalue weighted by molar-refractivity contribution is 5.93. The molecule has 0 radical (unpaired) electrons. The summed E-state index contributed by atoms with van der Waals surface area (Å²) in [6, 6.07) is 8.53. The molecule has 2 aromatic rings. The van der Waals surface area contributed by atoms with Crippen LogP contribution in [0.1, 0.15) is 40.7 Å². The summed E-state index contributed by atoms with van der Waals surface area (Å²) >= 11 is 0. The van der Waals surface area contributed by atoms with Crippen LogP contribution in [0.5, 0.6) is 0 Å². The zero-order valence-electron chi connectivity index (χ0n) is 15.5. The smallest absolute Gasteiger partial charge is 0.246 e. The molecular formula is C22H23N3O2. The summed E-state index contributed by atoms with van der Waals surface area (Å²) in [5, 5.41) is 2.77. The third-order valence-corrected chi connectivity index (χ3v) is 5.24. The zero-order chi connectivity index (χ0) is 18.8. The number of nitrogens with zero attached hydrogens (tertiary/aromatic N) is 2.